The number of carbonyl (C=O) groups is 2. The molecule has 0 saturated heterocycles. The Morgan fingerprint density at radius 3 is 2.56 bits per heavy atom. The van der Waals surface area contributed by atoms with Crippen LogP contribution in [0.5, 0.6) is 0 Å². The molecule has 1 saturated carbocycles. The largest absolute Gasteiger partial charge is 0.339 e. The third-order valence-electron chi connectivity index (χ3n) is 5.50. The van der Waals surface area contributed by atoms with Crippen molar-refractivity contribution in [2.24, 2.45) is 0 Å². The van der Waals surface area contributed by atoms with Gasteiger partial charge < -0.3 is 15.5 Å². The Morgan fingerprint density at radius 2 is 1.85 bits per heavy atom. The summed E-state index contributed by atoms with van der Waals surface area (Å²) in [4.78, 5) is 26.2. The van der Waals surface area contributed by atoms with Gasteiger partial charge in [-0.15, -0.1) is 0 Å². The number of amides is 3. The molecule has 0 aromatic heterocycles. The van der Waals surface area contributed by atoms with Gasteiger partial charge in [0.05, 0.1) is 0 Å². The number of nitrogens with zero attached hydrogens (tertiary/aromatic N) is 1. The molecule has 0 spiro atoms. The molecule has 0 unspecified atom stereocenters. The predicted octanol–water partition coefficient (Wildman–Crippen LogP) is 3.71. The summed E-state index contributed by atoms with van der Waals surface area (Å²) in [5.41, 5.74) is 2.57. The highest BCUT2D eigenvalue weighted by Gasteiger charge is 2.18. The van der Waals surface area contributed by atoms with Crippen LogP contribution < -0.4 is 10.6 Å². The van der Waals surface area contributed by atoms with Crippen molar-refractivity contribution in [1.29, 1.82) is 0 Å². The van der Waals surface area contributed by atoms with E-state index >= 15 is 0 Å². The number of hydrogen-bond acceptors (Lipinski definition) is 2. The molecule has 1 aliphatic heterocycles. The Hall–Kier alpha value is -2.30. The number of hydrogen-bond donors (Lipinski definition) is 2. The Kier molecular flexibility index (Phi) is 7.31. The third-order valence-corrected chi connectivity index (χ3v) is 5.50. The molecule has 0 bridgehead atoms. The first kappa shape index (κ1) is 19.5. The van der Waals surface area contributed by atoms with Crippen LogP contribution >= 0.6 is 0 Å². The average Bonchev–Trinajstić information content (AvgIpc) is 2.72. The van der Waals surface area contributed by atoms with Crippen molar-refractivity contribution in [3.63, 3.8) is 0 Å². The molecule has 1 heterocycles. The molecule has 1 aromatic carbocycles. The second-order valence-electron chi connectivity index (χ2n) is 7.52. The predicted molar refractivity (Wildman–Crippen MR) is 108 cm³/mol. The Balaban J connectivity index is 1.32. The van der Waals surface area contributed by atoms with E-state index in [1.807, 2.05) is 23.1 Å². The Labute approximate surface area is 162 Å². The minimum absolute atomic E-state index is 0.0947. The van der Waals surface area contributed by atoms with Gasteiger partial charge in [-0.05, 0) is 36.8 Å². The lowest BCUT2D eigenvalue weighted by Crippen LogP contribution is -2.43. The van der Waals surface area contributed by atoms with E-state index in [0.717, 1.165) is 25.8 Å². The van der Waals surface area contributed by atoms with E-state index in [-0.39, 0.29) is 11.9 Å². The Bertz CT molecular complexity index is 651. The van der Waals surface area contributed by atoms with Gasteiger partial charge in [0.2, 0.25) is 5.91 Å². The second kappa shape index (κ2) is 10.1. The fourth-order valence-electron chi connectivity index (χ4n) is 3.89. The van der Waals surface area contributed by atoms with E-state index in [1.54, 1.807) is 0 Å². The smallest absolute Gasteiger partial charge is 0.315 e. The van der Waals surface area contributed by atoms with Gasteiger partial charge >= 0.3 is 6.03 Å². The lowest BCUT2D eigenvalue weighted by atomic mass is 9.96. The van der Waals surface area contributed by atoms with E-state index in [9.17, 15) is 9.59 Å². The topological polar surface area (TPSA) is 61.4 Å². The highest BCUT2D eigenvalue weighted by molar-refractivity contribution is 5.78. The summed E-state index contributed by atoms with van der Waals surface area (Å²) in [7, 11) is 0. The monoisotopic (exact) mass is 369 g/mol. The van der Waals surface area contributed by atoms with Gasteiger partial charge in [-0.2, -0.15) is 0 Å². The molecule has 0 radical (unpaired) electrons. The molecule has 3 rings (SSSR count). The summed E-state index contributed by atoms with van der Waals surface area (Å²) in [5, 5.41) is 5.92. The van der Waals surface area contributed by atoms with Crippen LogP contribution in [0.4, 0.5) is 4.79 Å². The van der Waals surface area contributed by atoms with Gasteiger partial charge in [-0.3, -0.25) is 4.79 Å². The maximum Gasteiger partial charge on any atom is 0.315 e. The lowest BCUT2D eigenvalue weighted by molar-refractivity contribution is -0.130. The van der Waals surface area contributed by atoms with Gasteiger partial charge in [0.1, 0.15) is 0 Å². The number of nitrogens with one attached hydrogen (secondary N) is 2. The third kappa shape index (κ3) is 6.12. The molecule has 5 nitrogen and oxygen atoms in total. The van der Waals surface area contributed by atoms with Crippen LogP contribution in [0.1, 0.15) is 56.9 Å². The SMILES string of the molecule is O=C(NCCCC(=O)N1CC=C(c2ccccc2)CC1)NC1CCCCC1. The molecule has 5 heteroatoms. The van der Waals surface area contributed by atoms with E-state index in [1.165, 1.54) is 30.4 Å². The molecule has 1 aliphatic carbocycles. The van der Waals surface area contributed by atoms with Crippen LogP contribution in [0.15, 0.2) is 36.4 Å². The number of urea groups is 1. The number of carbonyl (C=O) groups excluding carboxylic acids is 2. The lowest BCUT2D eigenvalue weighted by Gasteiger charge is -2.27. The van der Waals surface area contributed by atoms with Crippen LogP contribution in [0.2, 0.25) is 0 Å². The van der Waals surface area contributed by atoms with Crippen molar-refractivity contribution in [3.05, 3.63) is 42.0 Å². The fraction of sp³-hybridized carbons (Fsp3) is 0.545. The minimum Gasteiger partial charge on any atom is -0.339 e. The summed E-state index contributed by atoms with van der Waals surface area (Å²) < 4.78 is 0. The molecular weight excluding hydrogens is 338 g/mol. The summed E-state index contributed by atoms with van der Waals surface area (Å²) in [5.74, 6) is 0.174. The first-order chi connectivity index (χ1) is 13.2. The van der Waals surface area contributed by atoms with Crippen molar-refractivity contribution < 1.29 is 9.59 Å². The highest BCUT2D eigenvalue weighted by atomic mass is 16.2. The van der Waals surface area contributed by atoms with Crippen LogP contribution in [0.3, 0.4) is 0 Å². The quantitative estimate of drug-likeness (QED) is 0.751. The average molecular weight is 370 g/mol. The van der Waals surface area contributed by atoms with Crippen molar-refractivity contribution in [2.45, 2.75) is 57.4 Å². The molecule has 27 heavy (non-hydrogen) atoms. The van der Waals surface area contributed by atoms with Gasteiger partial charge in [0.25, 0.3) is 0 Å². The summed E-state index contributed by atoms with van der Waals surface area (Å²) in [6.45, 7) is 2.00. The van der Waals surface area contributed by atoms with E-state index in [4.69, 9.17) is 0 Å². The van der Waals surface area contributed by atoms with Crippen molar-refractivity contribution in [3.8, 4) is 0 Å². The molecule has 3 amide bonds. The minimum atomic E-state index is -0.0947. The van der Waals surface area contributed by atoms with Gasteiger partial charge in [0, 0.05) is 32.1 Å². The molecule has 146 valence electrons. The summed E-state index contributed by atoms with van der Waals surface area (Å²) in [6.07, 6.45) is 10.1. The van der Waals surface area contributed by atoms with Gasteiger partial charge in [-0.1, -0.05) is 55.7 Å². The zero-order valence-electron chi connectivity index (χ0n) is 16.1. The second-order valence-corrected chi connectivity index (χ2v) is 7.52. The standard InChI is InChI=1S/C22H31N3O2/c26-21(12-7-15-23-22(27)24-20-10-5-2-6-11-20)25-16-13-19(14-17-25)18-8-3-1-4-9-18/h1,3-4,8-9,13,20H,2,5-7,10-12,14-17H2,(H2,23,24,27). The van der Waals surface area contributed by atoms with Gasteiger partial charge in [0.15, 0.2) is 0 Å². The van der Waals surface area contributed by atoms with Crippen LogP contribution in [-0.2, 0) is 4.79 Å². The van der Waals surface area contributed by atoms with E-state index in [2.05, 4.69) is 28.8 Å². The first-order valence-electron chi connectivity index (χ1n) is 10.3. The highest BCUT2D eigenvalue weighted by Crippen LogP contribution is 2.22. The zero-order valence-corrected chi connectivity index (χ0v) is 16.1. The van der Waals surface area contributed by atoms with Crippen molar-refractivity contribution in [1.82, 2.24) is 15.5 Å². The molecule has 1 fully saturated rings. The first-order valence-corrected chi connectivity index (χ1v) is 10.3. The molecule has 2 N–H and O–H groups in total. The molecule has 1 aromatic rings. The summed E-state index contributed by atoms with van der Waals surface area (Å²) in [6, 6.07) is 10.6. The number of rotatable bonds is 6. The van der Waals surface area contributed by atoms with E-state index in [0.29, 0.717) is 32.0 Å². The van der Waals surface area contributed by atoms with Crippen LogP contribution in [0, 0.1) is 0 Å². The Morgan fingerprint density at radius 1 is 1.07 bits per heavy atom. The zero-order chi connectivity index (χ0) is 18.9. The maximum absolute atomic E-state index is 12.4. The molecular formula is C22H31N3O2. The van der Waals surface area contributed by atoms with Crippen molar-refractivity contribution >= 4 is 17.5 Å². The molecule has 2 aliphatic rings. The maximum atomic E-state index is 12.4. The molecule has 0 atom stereocenters. The van der Waals surface area contributed by atoms with E-state index < -0.39 is 0 Å². The van der Waals surface area contributed by atoms with Crippen molar-refractivity contribution in [2.75, 3.05) is 19.6 Å². The van der Waals surface area contributed by atoms with Crippen LogP contribution in [0.25, 0.3) is 5.57 Å². The number of benzene rings is 1. The van der Waals surface area contributed by atoms with Crippen LogP contribution in [-0.4, -0.2) is 42.5 Å². The fourth-order valence-corrected chi connectivity index (χ4v) is 3.89. The normalized spacial score (nSPS) is 17.9. The van der Waals surface area contributed by atoms with Gasteiger partial charge in [-0.25, -0.2) is 4.79 Å². The summed E-state index contributed by atoms with van der Waals surface area (Å²) >= 11 is 0.